The van der Waals surface area contributed by atoms with Crippen molar-refractivity contribution in [1.82, 2.24) is 14.9 Å². The molecule has 0 N–H and O–H groups in total. The van der Waals surface area contributed by atoms with Crippen LogP contribution in [0.25, 0.3) is 0 Å². The fraction of sp³-hybridized carbons (Fsp3) is 0.467. The molecule has 2 aromatic heterocycles. The minimum Gasteiger partial charge on any atom is -0.291 e. The van der Waals surface area contributed by atoms with E-state index in [0.717, 1.165) is 18.2 Å². The van der Waals surface area contributed by atoms with E-state index in [1.54, 1.807) is 11.3 Å². The monoisotopic (exact) mass is 273 g/mol. The van der Waals surface area contributed by atoms with Crippen LogP contribution in [0.1, 0.15) is 35.3 Å². The highest BCUT2D eigenvalue weighted by Crippen LogP contribution is 2.43. The van der Waals surface area contributed by atoms with Gasteiger partial charge in [-0.25, -0.2) is 4.98 Å². The standard InChI is InChI=1S/C15H19N3S/c1-11-10-19-14(17-11)9-18(2)15(12-6-7-12)13-5-3-4-8-16-13/h3-5,8,10,12,15H,6-7,9H2,1-2H3/t15-/m1/s1. The summed E-state index contributed by atoms with van der Waals surface area (Å²) in [7, 11) is 2.19. The number of hydrogen-bond donors (Lipinski definition) is 0. The highest BCUT2D eigenvalue weighted by Gasteiger charge is 2.35. The van der Waals surface area contributed by atoms with Gasteiger partial charge in [0.05, 0.1) is 18.3 Å². The summed E-state index contributed by atoms with van der Waals surface area (Å²) in [5.74, 6) is 0.765. The molecule has 0 bridgehead atoms. The van der Waals surface area contributed by atoms with Crippen molar-refractivity contribution in [3.63, 3.8) is 0 Å². The third-order valence-electron chi connectivity index (χ3n) is 3.59. The van der Waals surface area contributed by atoms with Crippen molar-refractivity contribution in [1.29, 1.82) is 0 Å². The van der Waals surface area contributed by atoms with E-state index < -0.39 is 0 Å². The minimum atomic E-state index is 0.436. The largest absolute Gasteiger partial charge is 0.291 e. The number of thiazole rings is 1. The van der Waals surface area contributed by atoms with Crippen molar-refractivity contribution in [2.75, 3.05) is 7.05 Å². The van der Waals surface area contributed by atoms with Crippen LogP contribution in [0.3, 0.4) is 0 Å². The van der Waals surface area contributed by atoms with Crippen molar-refractivity contribution in [2.24, 2.45) is 5.92 Å². The quantitative estimate of drug-likeness (QED) is 0.835. The summed E-state index contributed by atoms with van der Waals surface area (Å²) in [6, 6.07) is 6.65. The summed E-state index contributed by atoms with van der Waals surface area (Å²) >= 11 is 1.75. The molecule has 0 radical (unpaired) electrons. The third kappa shape index (κ3) is 3.01. The van der Waals surface area contributed by atoms with Gasteiger partial charge in [0, 0.05) is 17.3 Å². The van der Waals surface area contributed by atoms with Crippen LogP contribution in [0.4, 0.5) is 0 Å². The van der Waals surface area contributed by atoms with Gasteiger partial charge in [-0.2, -0.15) is 0 Å². The first-order chi connectivity index (χ1) is 9.24. The van der Waals surface area contributed by atoms with Gasteiger partial charge in [-0.15, -0.1) is 11.3 Å². The average molecular weight is 273 g/mol. The molecule has 1 atom stereocenters. The molecular weight excluding hydrogens is 254 g/mol. The molecule has 1 saturated carbocycles. The van der Waals surface area contributed by atoms with Gasteiger partial charge in [-0.3, -0.25) is 9.88 Å². The first-order valence-electron chi connectivity index (χ1n) is 6.76. The Balaban J connectivity index is 1.77. The van der Waals surface area contributed by atoms with Gasteiger partial charge in [0.2, 0.25) is 0 Å². The van der Waals surface area contributed by atoms with Crippen LogP contribution in [-0.2, 0) is 6.54 Å². The first-order valence-corrected chi connectivity index (χ1v) is 7.64. The fourth-order valence-corrected chi connectivity index (χ4v) is 3.41. The second-order valence-electron chi connectivity index (χ2n) is 5.33. The smallest absolute Gasteiger partial charge is 0.107 e. The van der Waals surface area contributed by atoms with Gasteiger partial charge in [0.15, 0.2) is 0 Å². The number of nitrogens with zero attached hydrogens (tertiary/aromatic N) is 3. The lowest BCUT2D eigenvalue weighted by Gasteiger charge is -2.26. The van der Waals surface area contributed by atoms with Gasteiger partial charge in [-0.05, 0) is 44.9 Å². The zero-order valence-electron chi connectivity index (χ0n) is 11.4. The normalized spacial score (nSPS) is 16.8. The number of aromatic nitrogens is 2. The van der Waals surface area contributed by atoms with Crippen LogP contribution in [0.2, 0.25) is 0 Å². The summed E-state index contributed by atoms with van der Waals surface area (Å²) in [6.07, 6.45) is 4.54. The summed E-state index contributed by atoms with van der Waals surface area (Å²) in [4.78, 5) is 11.5. The molecule has 2 aromatic rings. The minimum absolute atomic E-state index is 0.436. The summed E-state index contributed by atoms with van der Waals surface area (Å²) in [5, 5.41) is 3.32. The summed E-state index contributed by atoms with van der Waals surface area (Å²) < 4.78 is 0. The van der Waals surface area contributed by atoms with E-state index in [1.165, 1.54) is 23.5 Å². The highest BCUT2D eigenvalue weighted by molar-refractivity contribution is 7.09. The Bertz CT molecular complexity index is 533. The predicted molar refractivity (Wildman–Crippen MR) is 78.0 cm³/mol. The van der Waals surface area contributed by atoms with Crippen molar-refractivity contribution < 1.29 is 0 Å². The van der Waals surface area contributed by atoms with Gasteiger partial charge >= 0.3 is 0 Å². The van der Waals surface area contributed by atoms with Crippen LogP contribution in [0, 0.1) is 12.8 Å². The topological polar surface area (TPSA) is 29.0 Å². The molecule has 0 spiro atoms. The maximum absolute atomic E-state index is 4.56. The Morgan fingerprint density at radius 1 is 1.42 bits per heavy atom. The molecule has 3 rings (SSSR count). The van der Waals surface area contributed by atoms with Crippen molar-refractivity contribution in [3.8, 4) is 0 Å². The Morgan fingerprint density at radius 3 is 2.84 bits per heavy atom. The molecular formula is C15H19N3S. The molecule has 2 heterocycles. The molecule has 0 amide bonds. The maximum Gasteiger partial charge on any atom is 0.107 e. The van der Waals surface area contributed by atoms with Gasteiger partial charge in [0.25, 0.3) is 0 Å². The summed E-state index contributed by atoms with van der Waals surface area (Å²) in [6.45, 7) is 2.97. The van der Waals surface area contributed by atoms with Gasteiger partial charge in [-0.1, -0.05) is 6.07 Å². The molecule has 1 aliphatic rings. The molecule has 4 heteroatoms. The molecule has 0 saturated heterocycles. The van der Waals surface area contributed by atoms with Crippen LogP contribution in [-0.4, -0.2) is 21.9 Å². The molecule has 19 heavy (non-hydrogen) atoms. The van der Waals surface area contributed by atoms with Gasteiger partial charge < -0.3 is 0 Å². The lowest BCUT2D eigenvalue weighted by atomic mass is 10.1. The highest BCUT2D eigenvalue weighted by atomic mass is 32.1. The SMILES string of the molecule is Cc1csc(CN(C)[C@@H](c2ccccn2)C2CC2)n1. The number of hydrogen-bond acceptors (Lipinski definition) is 4. The maximum atomic E-state index is 4.56. The van der Waals surface area contributed by atoms with Crippen molar-refractivity contribution in [2.45, 2.75) is 32.4 Å². The lowest BCUT2D eigenvalue weighted by Crippen LogP contribution is -2.26. The van der Waals surface area contributed by atoms with Crippen LogP contribution < -0.4 is 0 Å². The molecule has 0 aliphatic heterocycles. The van der Waals surface area contributed by atoms with E-state index in [0.29, 0.717) is 6.04 Å². The molecule has 1 aliphatic carbocycles. The Labute approximate surface area is 118 Å². The first kappa shape index (κ1) is 12.8. The van der Waals surface area contributed by atoms with E-state index in [9.17, 15) is 0 Å². The Morgan fingerprint density at radius 2 is 2.26 bits per heavy atom. The molecule has 100 valence electrons. The summed E-state index contributed by atoms with van der Waals surface area (Å²) in [5.41, 5.74) is 2.31. The third-order valence-corrected chi connectivity index (χ3v) is 4.54. The lowest BCUT2D eigenvalue weighted by molar-refractivity contribution is 0.208. The molecule has 1 fully saturated rings. The van der Waals surface area contributed by atoms with E-state index in [-0.39, 0.29) is 0 Å². The van der Waals surface area contributed by atoms with Crippen molar-refractivity contribution in [3.05, 3.63) is 46.2 Å². The van der Waals surface area contributed by atoms with E-state index >= 15 is 0 Å². The van der Waals surface area contributed by atoms with Crippen molar-refractivity contribution >= 4 is 11.3 Å². The Kier molecular flexibility index (Phi) is 3.62. The zero-order valence-corrected chi connectivity index (χ0v) is 12.2. The molecule has 3 nitrogen and oxygen atoms in total. The number of rotatable bonds is 5. The predicted octanol–water partition coefficient (Wildman–Crippen LogP) is 3.43. The Hall–Kier alpha value is -1.26. The fourth-order valence-electron chi connectivity index (χ4n) is 2.58. The van der Waals surface area contributed by atoms with E-state index in [1.807, 2.05) is 12.3 Å². The van der Waals surface area contributed by atoms with Crippen LogP contribution in [0.15, 0.2) is 29.8 Å². The van der Waals surface area contributed by atoms with E-state index in [4.69, 9.17) is 0 Å². The van der Waals surface area contributed by atoms with E-state index in [2.05, 4.69) is 46.4 Å². The second kappa shape index (κ2) is 5.39. The van der Waals surface area contributed by atoms with Gasteiger partial charge in [0.1, 0.15) is 5.01 Å². The second-order valence-corrected chi connectivity index (χ2v) is 6.28. The molecule has 0 aromatic carbocycles. The number of pyridine rings is 1. The number of aryl methyl sites for hydroxylation is 1. The zero-order chi connectivity index (χ0) is 13.2. The van der Waals surface area contributed by atoms with Crippen LogP contribution in [0.5, 0.6) is 0 Å². The molecule has 0 unspecified atom stereocenters. The average Bonchev–Trinajstić information content (AvgIpc) is 3.14. The van der Waals surface area contributed by atoms with Crippen LogP contribution >= 0.6 is 11.3 Å².